The van der Waals surface area contributed by atoms with Crippen LogP contribution in [0.3, 0.4) is 0 Å². The lowest BCUT2D eigenvalue weighted by atomic mass is 9.68. The van der Waals surface area contributed by atoms with Crippen molar-refractivity contribution in [3.8, 4) is 0 Å². The van der Waals surface area contributed by atoms with E-state index in [4.69, 9.17) is 14.3 Å². The molecule has 2 aliphatic rings. The van der Waals surface area contributed by atoms with Gasteiger partial charge in [0.05, 0.1) is 37.3 Å². The van der Waals surface area contributed by atoms with Crippen molar-refractivity contribution in [2.75, 3.05) is 20.8 Å². The highest BCUT2D eigenvalue weighted by atomic mass is 16.7. The minimum Gasteiger partial charge on any atom is -0.469 e. The Balaban J connectivity index is 1.89. The molecule has 6 nitrogen and oxygen atoms in total. The van der Waals surface area contributed by atoms with Crippen LogP contribution in [0.5, 0.6) is 0 Å². The van der Waals surface area contributed by atoms with Crippen LogP contribution in [-0.4, -0.2) is 43.9 Å². The third-order valence-electron chi connectivity index (χ3n) is 5.36. The average Bonchev–Trinajstić information content (AvgIpc) is 2.92. The molecule has 136 valence electrons. The van der Waals surface area contributed by atoms with Gasteiger partial charge in [-0.1, -0.05) is 31.9 Å². The predicted octanol–water partition coefficient (Wildman–Crippen LogP) is 2.67. The number of carbonyl (C=O) groups excluding carboxylic acids is 2. The molecule has 2 heterocycles. The third kappa shape index (κ3) is 2.93. The zero-order valence-electron chi connectivity index (χ0n) is 15.0. The maximum absolute atomic E-state index is 12.3. The Labute approximate surface area is 148 Å². The van der Waals surface area contributed by atoms with Crippen molar-refractivity contribution in [2.45, 2.75) is 44.2 Å². The van der Waals surface area contributed by atoms with E-state index in [1.807, 2.05) is 17.2 Å². The molecule has 0 spiro atoms. The molecule has 0 saturated carbocycles. The van der Waals surface area contributed by atoms with Gasteiger partial charge in [-0.25, -0.2) is 4.79 Å². The van der Waals surface area contributed by atoms with E-state index in [0.29, 0.717) is 12.1 Å². The first-order chi connectivity index (χ1) is 12.1. The van der Waals surface area contributed by atoms with Gasteiger partial charge in [0, 0.05) is 13.0 Å². The molecule has 6 heteroatoms. The molecule has 0 aliphatic carbocycles. The number of fused-ring (bicyclic) bond motifs is 1. The summed E-state index contributed by atoms with van der Waals surface area (Å²) in [7, 11) is 2.78. The molecule has 2 aliphatic heterocycles. The molecule has 3 atom stereocenters. The van der Waals surface area contributed by atoms with Crippen LogP contribution in [-0.2, 0) is 24.6 Å². The van der Waals surface area contributed by atoms with Gasteiger partial charge in [-0.15, -0.1) is 0 Å². The van der Waals surface area contributed by atoms with E-state index in [-0.39, 0.29) is 24.0 Å². The van der Waals surface area contributed by atoms with Crippen LogP contribution in [0.1, 0.15) is 48.5 Å². The highest BCUT2D eigenvalue weighted by Crippen LogP contribution is 2.54. The molecule has 3 rings (SSSR count). The molecule has 0 unspecified atom stereocenters. The van der Waals surface area contributed by atoms with Crippen molar-refractivity contribution in [1.29, 1.82) is 0 Å². The molecule has 0 aromatic heterocycles. The van der Waals surface area contributed by atoms with Crippen LogP contribution in [0.4, 0.5) is 0 Å². The highest BCUT2D eigenvalue weighted by molar-refractivity contribution is 5.89. The Hall–Kier alpha value is -1.92. The molecule has 0 amide bonds. The minimum atomic E-state index is -0.500. The van der Waals surface area contributed by atoms with Crippen LogP contribution in [0.2, 0.25) is 0 Å². The SMILES string of the molecule is CCCC[C@H]1C[C@@]2(c3ccc(C(=O)OC)cc3)[C@H](C(=O)OC)CN2O1. The Kier molecular flexibility index (Phi) is 5.11. The number of benzene rings is 1. The van der Waals surface area contributed by atoms with E-state index < -0.39 is 5.54 Å². The van der Waals surface area contributed by atoms with Crippen molar-refractivity contribution in [1.82, 2.24) is 5.06 Å². The largest absolute Gasteiger partial charge is 0.469 e. The van der Waals surface area contributed by atoms with Gasteiger partial charge in [0.25, 0.3) is 0 Å². The van der Waals surface area contributed by atoms with Crippen LogP contribution in [0, 0.1) is 5.92 Å². The Morgan fingerprint density at radius 2 is 1.96 bits per heavy atom. The number of rotatable bonds is 6. The summed E-state index contributed by atoms with van der Waals surface area (Å²) in [4.78, 5) is 30.0. The fourth-order valence-corrected chi connectivity index (χ4v) is 3.96. The Bertz CT molecular complexity index is 644. The van der Waals surface area contributed by atoms with Gasteiger partial charge in [0.15, 0.2) is 0 Å². The first kappa shape index (κ1) is 17.9. The Morgan fingerprint density at radius 3 is 2.56 bits per heavy atom. The first-order valence-corrected chi connectivity index (χ1v) is 8.78. The molecular formula is C19H25NO5. The second-order valence-electron chi connectivity index (χ2n) is 6.70. The molecule has 2 fully saturated rings. The fraction of sp³-hybridized carbons (Fsp3) is 0.579. The zero-order chi connectivity index (χ0) is 18.0. The molecule has 0 N–H and O–H groups in total. The molecule has 0 bridgehead atoms. The number of unbranched alkanes of at least 4 members (excludes halogenated alkanes) is 1. The van der Waals surface area contributed by atoms with Crippen LogP contribution in [0.15, 0.2) is 24.3 Å². The first-order valence-electron chi connectivity index (χ1n) is 8.78. The lowest BCUT2D eigenvalue weighted by molar-refractivity contribution is -0.268. The monoisotopic (exact) mass is 347 g/mol. The van der Waals surface area contributed by atoms with Gasteiger partial charge >= 0.3 is 11.9 Å². The number of nitrogens with zero attached hydrogens (tertiary/aromatic N) is 1. The molecule has 2 saturated heterocycles. The van der Waals surface area contributed by atoms with Crippen molar-refractivity contribution in [3.63, 3.8) is 0 Å². The Morgan fingerprint density at radius 1 is 1.24 bits per heavy atom. The molecule has 1 aromatic carbocycles. The number of hydrogen-bond donors (Lipinski definition) is 0. The number of hydrogen-bond acceptors (Lipinski definition) is 6. The smallest absolute Gasteiger partial charge is 0.337 e. The second kappa shape index (κ2) is 7.14. The quantitative estimate of drug-likeness (QED) is 0.737. The van der Waals surface area contributed by atoms with Crippen molar-refractivity contribution in [3.05, 3.63) is 35.4 Å². The fourth-order valence-electron chi connectivity index (χ4n) is 3.96. The standard InChI is InChI=1S/C19H25NO5/c1-4-5-6-15-11-19(16(18(22)24-3)12-20(19)25-15)14-9-7-13(8-10-14)17(21)23-2/h7-10,15-16H,4-6,11-12H2,1-3H3/t15-,16-,19+/m0/s1. The molecule has 25 heavy (non-hydrogen) atoms. The van der Waals surface area contributed by atoms with Gasteiger partial charge < -0.3 is 9.47 Å². The summed E-state index contributed by atoms with van der Waals surface area (Å²) in [5.41, 5.74) is 0.963. The summed E-state index contributed by atoms with van der Waals surface area (Å²) < 4.78 is 9.76. The van der Waals surface area contributed by atoms with Crippen LogP contribution < -0.4 is 0 Å². The number of hydroxylamine groups is 2. The van der Waals surface area contributed by atoms with Gasteiger partial charge in [-0.05, 0) is 24.1 Å². The summed E-state index contributed by atoms with van der Waals surface area (Å²) in [5.74, 6) is -0.844. The normalized spacial score (nSPS) is 28.1. The number of ether oxygens (including phenoxy) is 2. The minimum absolute atomic E-state index is 0.106. The number of esters is 2. The topological polar surface area (TPSA) is 65.1 Å². The zero-order valence-corrected chi connectivity index (χ0v) is 15.0. The average molecular weight is 347 g/mol. The second-order valence-corrected chi connectivity index (χ2v) is 6.70. The summed E-state index contributed by atoms with van der Waals surface area (Å²) in [6.07, 6.45) is 4.04. The predicted molar refractivity (Wildman–Crippen MR) is 90.7 cm³/mol. The summed E-state index contributed by atoms with van der Waals surface area (Å²) in [5, 5.41) is 1.92. The van der Waals surface area contributed by atoms with E-state index in [1.165, 1.54) is 14.2 Å². The molecule has 1 aromatic rings. The third-order valence-corrected chi connectivity index (χ3v) is 5.36. The van der Waals surface area contributed by atoms with Crippen LogP contribution in [0.25, 0.3) is 0 Å². The van der Waals surface area contributed by atoms with E-state index in [1.54, 1.807) is 12.1 Å². The van der Waals surface area contributed by atoms with E-state index in [2.05, 4.69) is 6.92 Å². The number of carbonyl (C=O) groups is 2. The highest BCUT2D eigenvalue weighted by Gasteiger charge is 2.64. The summed E-state index contributed by atoms with van der Waals surface area (Å²) in [6.45, 7) is 2.69. The molecule has 0 radical (unpaired) electrons. The van der Waals surface area contributed by atoms with E-state index in [9.17, 15) is 9.59 Å². The van der Waals surface area contributed by atoms with Crippen molar-refractivity contribution in [2.24, 2.45) is 5.92 Å². The lowest BCUT2D eigenvalue weighted by Gasteiger charge is -2.51. The van der Waals surface area contributed by atoms with E-state index in [0.717, 1.165) is 31.2 Å². The van der Waals surface area contributed by atoms with Gasteiger partial charge in [-0.3, -0.25) is 9.63 Å². The maximum atomic E-state index is 12.3. The van der Waals surface area contributed by atoms with Crippen molar-refractivity contribution < 1.29 is 23.9 Å². The van der Waals surface area contributed by atoms with Crippen molar-refractivity contribution >= 4 is 11.9 Å². The van der Waals surface area contributed by atoms with E-state index >= 15 is 0 Å². The summed E-state index contributed by atoms with van der Waals surface area (Å²) >= 11 is 0. The summed E-state index contributed by atoms with van der Waals surface area (Å²) in [6, 6.07) is 7.25. The van der Waals surface area contributed by atoms with Crippen LogP contribution >= 0.6 is 0 Å². The van der Waals surface area contributed by atoms with Gasteiger partial charge in [0.1, 0.15) is 0 Å². The lowest BCUT2D eigenvalue weighted by Crippen LogP contribution is -2.63. The maximum Gasteiger partial charge on any atom is 0.337 e. The van der Waals surface area contributed by atoms with Gasteiger partial charge in [0.2, 0.25) is 0 Å². The molecular weight excluding hydrogens is 322 g/mol. The number of methoxy groups -OCH3 is 2. The van der Waals surface area contributed by atoms with Gasteiger partial charge in [-0.2, -0.15) is 5.06 Å².